The van der Waals surface area contributed by atoms with Crippen molar-refractivity contribution in [2.24, 2.45) is 11.8 Å². The van der Waals surface area contributed by atoms with Crippen LogP contribution in [-0.4, -0.2) is 0 Å². The van der Waals surface area contributed by atoms with Crippen LogP contribution in [0.3, 0.4) is 0 Å². The first-order chi connectivity index (χ1) is 12.2. The Morgan fingerprint density at radius 3 is 1.12 bits per heavy atom. The molecule has 0 heterocycles. The second-order valence-corrected chi connectivity index (χ2v) is 9.17. The topological polar surface area (TPSA) is 0 Å². The summed E-state index contributed by atoms with van der Waals surface area (Å²) in [7, 11) is 0. The van der Waals surface area contributed by atoms with Gasteiger partial charge >= 0.3 is 0 Å². The summed E-state index contributed by atoms with van der Waals surface area (Å²) in [5.41, 5.74) is 0. The molecule has 0 aromatic carbocycles. The highest BCUT2D eigenvalue weighted by atomic mass is 14.1. The molecule has 0 radical (unpaired) electrons. The van der Waals surface area contributed by atoms with Crippen molar-refractivity contribution in [2.75, 3.05) is 0 Å². The zero-order chi connectivity index (χ0) is 18.6. The van der Waals surface area contributed by atoms with Gasteiger partial charge in [0.15, 0.2) is 0 Å². The smallest absolute Gasteiger partial charge is 0.0443 e. The molecule has 0 spiro atoms. The Bertz CT molecular complexity index is 230. The lowest BCUT2D eigenvalue weighted by Crippen LogP contribution is -1.95. The molecule has 0 heteroatoms. The van der Waals surface area contributed by atoms with Gasteiger partial charge in [-0.05, 0) is 11.8 Å². The number of unbranched alkanes of at least 4 members (excludes halogenated alkanes) is 14. The maximum atomic E-state index is 2.48. The lowest BCUT2D eigenvalue weighted by Gasteiger charge is -2.11. The third-order valence-corrected chi connectivity index (χ3v) is 5.78. The summed E-state index contributed by atoms with van der Waals surface area (Å²) in [5.74, 6) is 1.86. The van der Waals surface area contributed by atoms with E-state index in [0.717, 1.165) is 11.8 Å². The van der Waals surface area contributed by atoms with E-state index in [2.05, 4.69) is 27.7 Å². The summed E-state index contributed by atoms with van der Waals surface area (Å²) in [6.45, 7) is 9.47. The van der Waals surface area contributed by atoms with Crippen LogP contribution in [-0.2, 0) is 0 Å². The minimum absolute atomic E-state index is 0.892. The quantitative estimate of drug-likeness (QED) is 0.191. The third-order valence-electron chi connectivity index (χ3n) is 5.78. The molecule has 0 aliphatic carbocycles. The fraction of sp³-hybridized carbons (Fsp3) is 1.00. The molecule has 152 valence electrons. The summed E-state index contributed by atoms with van der Waals surface area (Å²) in [6.07, 6.45) is 27.8. The van der Waals surface area contributed by atoms with E-state index in [1.54, 1.807) is 0 Å². The Balaban J connectivity index is 3.12. The molecule has 0 saturated carbocycles. The molecule has 0 aromatic rings. The van der Waals surface area contributed by atoms with Gasteiger partial charge in [0, 0.05) is 0 Å². The number of rotatable bonds is 20. The van der Waals surface area contributed by atoms with Crippen molar-refractivity contribution in [1.82, 2.24) is 0 Å². The highest BCUT2D eigenvalue weighted by molar-refractivity contribution is 4.56. The molecule has 0 N–H and O–H groups in total. The average molecular weight is 353 g/mol. The number of hydrogen-bond acceptors (Lipinski definition) is 0. The normalized spacial score (nSPS) is 12.8. The van der Waals surface area contributed by atoms with Crippen LogP contribution in [0.15, 0.2) is 0 Å². The van der Waals surface area contributed by atoms with Crippen molar-refractivity contribution in [1.29, 1.82) is 0 Å². The standard InChI is InChI=1S/C25H52/c1-5-6-7-8-9-10-11-12-13-14-15-16-19-22-25(4)23-20-17-18-21-24(2)3/h24-25H,5-23H2,1-4H3. The van der Waals surface area contributed by atoms with E-state index in [4.69, 9.17) is 0 Å². The van der Waals surface area contributed by atoms with Crippen molar-refractivity contribution in [2.45, 2.75) is 150 Å². The van der Waals surface area contributed by atoms with Crippen LogP contribution in [0.4, 0.5) is 0 Å². The zero-order valence-electron chi connectivity index (χ0n) is 18.6. The van der Waals surface area contributed by atoms with Crippen LogP contribution >= 0.6 is 0 Å². The van der Waals surface area contributed by atoms with Gasteiger partial charge in [0.2, 0.25) is 0 Å². The predicted molar refractivity (Wildman–Crippen MR) is 117 cm³/mol. The average Bonchev–Trinajstić information content (AvgIpc) is 2.58. The Labute approximate surface area is 161 Å². The molecule has 0 aliphatic rings. The van der Waals surface area contributed by atoms with Crippen molar-refractivity contribution >= 4 is 0 Å². The van der Waals surface area contributed by atoms with Gasteiger partial charge in [0.1, 0.15) is 0 Å². The van der Waals surface area contributed by atoms with Gasteiger partial charge in [-0.25, -0.2) is 0 Å². The lowest BCUT2D eigenvalue weighted by atomic mass is 9.95. The van der Waals surface area contributed by atoms with Crippen LogP contribution in [0, 0.1) is 11.8 Å². The van der Waals surface area contributed by atoms with Crippen LogP contribution in [0.5, 0.6) is 0 Å². The van der Waals surface area contributed by atoms with E-state index < -0.39 is 0 Å². The first-order valence-corrected chi connectivity index (χ1v) is 12.2. The highest BCUT2D eigenvalue weighted by Gasteiger charge is 2.02. The van der Waals surface area contributed by atoms with Gasteiger partial charge < -0.3 is 0 Å². The van der Waals surface area contributed by atoms with E-state index in [1.165, 1.54) is 122 Å². The molecule has 25 heavy (non-hydrogen) atoms. The lowest BCUT2D eigenvalue weighted by molar-refractivity contribution is 0.425. The maximum absolute atomic E-state index is 2.48. The largest absolute Gasteiger partial charge is 0.0654 e. The van der Waals surface area contributed by atoms with E-state index in [1.807, 2.05) is 0 Å². The van der Waals surface area contributed by atoms with Gasteiger partial charge in [-0.15, -0.1) is 0 Å². The van der Waals surface area contributed by atoms with Crippen molar-refractivity contribution in [3.63, 3.8) is 0 Å². The molecule has 1 unspecified atom stereocenters. The Kier molecular flexibility index (Phi) is 20.3. The van der Waals surface area contributed by atoms with E-state index in [9.17, 15) is 0 Å². The summed E-state index contributed by atoms with van der Waals surface area (Å²) in [6, 6.07) is 0. The van der Waals surface area contributed by atoms with Gasteiger partial charge in [-0.1, -0.05) is 150 Å². The van der Waals surface area contributed by atoms with Crippen molar-refractivity contribution in [3.8, 4) is 0 Å². The first kappa shape index (κ1) is 25.0. The van der Waals surface area contributed by atoms with Gasteiger partial charge in [-0.2, -0.15) is 0 Å². The van der Waals surface area contributed by atoms with Crippen LogP contribution in [0.25, 0.3) is 0 Å². The van der Waals surface area contributed by atoms with Crippen LogP contribution in [0.2, 0.25) is 0 Å². The summed E-state index contributed by atoms with van der Waals surface area (Å²) >= 11 is 0. The van der Waals surface area contributed by atoms with Crippen LogP contribution in [0.1, 0.15) is 150 Å². The Hall–Kier alpha value is 0. The summed E-state index contributed by atoms with van der Waals surface area (Å²) in [5, 5.41) is 0. The predicted octanol–water partition coefficient (Wildman–Crippen LogP) is 9.71. The fourth-order valence-electron chi connectivity index (χ4n) is 3.88. The maximum Gasteiger partial charge on any atom is -0.0443 e. The molecule has 0 aromatic heterocycles. The Morgan fingerprint density at radius 2 is 0.720 bits per heavy atom. The second-order valence-electron chi connectivity index (χ2n) is 9.17. The molecule has 0 saturated heterocycles. The molecule has 0 nitrogen and oxygen atoms in total. The molecule has 1 atom stereocenters. The SMILES string of the molecule is CCCCCCCCCCCCCCCC(C)CCCCCC(C)C. The molecular weight excluding hydrogens is 300 g/mol. The molecular formula is C25H52. The fourth-order valence-corrected chi connectivity index (χ4v) is 3.88. The van der Waals surface area contributed by atoms with E-state index in [0.29, 0.717) is 0 Å². The third kappa shape index (κ3) is 22.0. The summed E-state index contributed by atoms with van der Waals surface area (Å²) in [4.78, 5) is 0. The van der Waals surface area contributed by atoms with Crippen LogP contribution < -0.4 is 0 Å². The van der Waals surface area contributed by atoms with Crippen molar-refractivity contribution in [3.05, 3.63) is 0 Å². The summed E-state index contributed by atoms with van der Waals surface area (Å²) < 4.78 is 0. The van der Waals surface area contributed by atoms with Crippen molar-refractivity contribution < 1.29 is 0 Å². The molecule has 0 aliphatic heterocycles. The van der Waals surface area contributed by atoms with E-state index >= 15 is 0 Å². The molecule has 0 bridgehead atoms. The molecule has 0 rings (SSSR count). The monoisotopic (exact) mass is 352 g/mol. The highest BCUT2D eigenvalue weighted by Crippen LogP contribution is 2.19. The van der Waals surface area contributed by atoms with Gasteiger partial charge in [-0.3, -0.25) is 0 Å². The minimum atomic E-state index is 0.892. The molecule has 0 amide bonds. The second kappa shape index (κ2) is 20.3. The minimum Gasteiger partial charge on any atom is -0.0654 e. The Morgan fingerprint density at radius 1 is 0.400 bits per heavy atom. The van der Waals surface area contributed by atoms with Gasteiger partial charge in [0.25, 0.3) is 0 Å². The number of hydrogen-bond donors (Lipinski definition) is 0. The zero-order valence-corrected chi connectivity index (χ0v) is 18.6. The first-order valence-electron chi connectivity index (χ1n) is 12.2. The molecule has 0 fully saturated rings. The van der Waals surface area contributed by atoms with Gasteiger partial charge in [0.05, 0.1) is 0 Å². The van der Waals surface area contributed by atoms with E-state index in [-0.39, 0.29) is 0 Å².